The van der Waals surface area contributed by atoms with Crippen molar-refractivity contribution < 1.29 is 23.9 Å². The Bertz CT molecular complexity index is 1200. The number of hydrogen-bond acceptors (Lipinski definition) is 7. The molecule has 2 aromatic carbocycles. The first-order chi connectivity index (χ1) is 19.3. The quantitative estimate of drug-likeness (QED) is 0.318. The molecule has 0 aromatic heterocycles. The molecule has 2 aliphatic rings. The van der Waals surface area contributed by atoms with Crippen LogP contribution in [-0.4, -0.2) is 78.1 Å². The highest BCUT2D eigenvalue weighted by molar-refractivity contribution is 7.80. The van der Waals surface area contributed by atoms with Gasteiger partial charge in [0.2, 0.25) is 5.91 Å². The van der Waals surface area contributed by atoms with Crippen LogP contribution in [0.4, 0.5) is 11.4 Å². The van der Waals surface area contributed by atoms with Gasteiger partial charge in [-0.25, -0.2) is 4.79 Å². The fourth-order valence-electron chi connectivity index (χ4n) is 5.01. The molecule has 1 unspecified atom stereocenters. The van der Waals surface area contributed by atoms with Gasteiger partial charge in [0.1, 0.15) is 11.8 Å². The lowest BCUT2D eigenvalue weighted by molar-refractivity contribution is -0.124. The van der Waals surface area contributed by atoms with E-state index in [2.05, 4.69) is 17.1 Å². The minimum absolute atomic E-state index is 0.0410. The maximum Gasteiger partial charge on any atom is 0.338 e. The first kappa shape index (κ1) is 29.5. The summed E-state index contributed by atoms with van der Waals surface area (Å²) < 4.78 is 10.5. The van der Waals surface area contributed by atoms with Crippen LogP contribution in [0.3, 0.4) is 0 Å². The number of hydrogen-bond donors (Lipinski definition) is 1. The molecule has 2 heterocycles. The summed E-state index contributed by atoms with van der Waals surface area (Å²) in [6, 6.07) is 13.0. The predicted octanol–water partition coefficient (Wildman–Crippen LogP) is 4.32. The Hall–Kier alpha value is -3.50. The van der Waals surface area contributed by atoms with Crippen LogP contribution in [0.15, 0.2) is 48.5 Å². The number of rotatable bonds is 11. The molecule has 4 rings (SSSR count). The van der Waals surface area contributed by atoms with Crippen molar-refractivity contribution in [1.29, 1.82) is 0 Å². The molecule has 2 aromatic rings. The van der Waals surface area contributed by atoms with Crippen molar-refractivity contribution in [3.8, 4) is 5.75 Å². The van der Waals surface area contributed by atoms with Gasteiger partial charge in [-0.3, -0.25) is 14.5 Å². The average molecular weight is 567 g/mol. The number of anilines is 2. The highest BCUT2D eigenvalue weighted by Crippen LogP contribution is 2.28. The van der Waals surface area contributed by atoms with E-state index in [-0.39, 0.29) is 24.8 Å². The zero-order valence-corrected chi connectivity index (χ0v) is 24.2. The number of amides is 2. The summed E-state index contributed by atoms with van der Waals surface area (Å²) in [4.78, 5) is 44.7. The van der Waals surface area contributed by atoms with E-state index in [0.29, 0.717) is 35.2 Å². The van der Waals surface area contributed by atoms with Gasteiger partial charge in [0.25, 0.3) is 5.91 Å². The largest absolute Gasteiger partial charge is 0.494 e. The van der Waals surface area contributed by atoms with Gasteiger partial charge in [0.15, 0.2) is 5.11 Å². The maximum atomic E-state index is 13.7. The van der Waals surface area contributed by atoms with Gasteiger partial charge in [0, 0.05) is 18.8 Å². The molecule has 0 aliphatic carbocycles. The highest BCUT2D eigenvalue weighted by Gasteiger charge is 2.44. The molecule has 0 bridgehead atoms. The molecule has 9 nitrogen and oxygen atoms in total. The Balaban J connectivity index is 1.50. The van der Waals surface area contributed by atoms with Crippen molar-refractivity contribution in [3.63, 3.8) is 0 Å². The van der Waals surface area contributed by atoms with Crippen molar-refractivity contribution in [3.05, 3.63) is 54.1 Å². The van der Waals surface area contributed by atoms with Gasteiger partial charge in [-0.05, 0) is 106 Å². The van der Waals surface area contributed by atoms with Gasteiger partial charge in [0.05, 0.1) is 30.9 Å². The first-order valence-corrected chi connectivity index (χ1v) is 14.4. The van der Waals surface area contributed by atoms with E-state index in [1.165, 1.54) is 4.90 Å². The molecule has 0 spiro atoms. The number of esters is 1. The van der Waals surface area contributed by atoms with Crippen LogP contribution in [0.2, 0.25) is 0 Å². The second-order valence-corrected chi connectivity index (χ2v) is 10.5. The summed E-state index contributed by atoms with van der Waals surface area (Å²) in [5.41, 5.74) is 1.57. The molecule has 214 valence electrons. The molecule has 0 radical (unpaired) electrons. The van der Waals surface area contributed by atoms with E-state index in [9.17, 15) is 14.4 Å². The molecular weight excluding hydrogens is 528 g/mol. The third kappa shape index (κ3) is 7.17. The second kappa shape index (κ2) is 13.7. The lowest BCUT2D eigenvalue weighted by atomic mass is 9.99. The molecule has 2 aliphatic heterocycles. The van der Waals surface area contributed by atoms with Crippen molar-refractivity contribution in [2.45, 2.75) is 46.1 Å². The van der Waals surface area contributed by atoms with Gasteiger partial charge < -0.3 is 24.6 Å². The van der Waals surface area contributed by atoms with Crippen molar-refractivity contribution >= 4 is 46.5 Å². The number of thiocarbonyl (C=S) groups is 1. The topological polar surface area (TPSA) is 91.4 Å². The van der Waals surface area contributed by atoms with E-state index in [1.807, 2.05) is 11.8 Å². The lowest BCUT2D eigenvalue weighted by Gasteiger charge is -2.32. The molecular formula is C30H38N4O5S. The molecule has 10 heteroatoms. The Morgan fingerprint density at radius 2 is 1.65 bits per heavy atom. The summed E-state index contributed by atoms with van der Waals surface area (Å²) >= 11 is 5.81. The zero-order chi connectivity index (χ0) is 28.6. The van der Waals surface area contributed by atoms with E-state index in [0.717, 1.165) is 44.1 Å². The Kier molecular flexibility index (Phi) is 10.1. The van der Waals surface area contributed by atoms with Crippen LogP contribution >= 0.6 is 12.2 Å². The summed E-state index contributed by atoms with van der Waals surface area (Å²) in [6.07, 6.45) is 2.26. The molecule has 2 amide bonds. The standard InChI is InChI=1S/C30H38N4O5S/c1-4-38-25-12-8-23(9-13-25)31-27(35)20-26-28(36)34(24-10-6-22(7-11-24)29(37)39-5-2)30(40)33(26)19-18-32-16-14-21(3)15-17-32/h6-13,21,26H,4-5,14-20H2,1-3H3,(H,31,35). The van der Waals surface area contributed by atoms with Crippen molar-refractivity contribution in [2.24, 2.45) is 5.92 Å². The lowest BCUT2D eigenvalue weighted by Crippen LogP contribution is -2.44. The van der Waals surface area contributed by atoms with E-state index in [1.54, 1.807) is 55.5 Å². The molecule has 40 heavy (non-hydrogen) atoms. The number of ether oxygens (including phenoxy) is 2. The maximum absolute atomic E-state index is 13.7. The summed E-state index contributed by atoms with van der Waals surface area (Å²) in [6.45, 7) is 10.1. The van der Waals surface area contributed by atoms with Gasteiger partial charge in [-0.2, -0.15) is 0 Å². The predicted molar refractivity (Wildman–Crippen MR) is 159 cm³/mol. The van der Waals surface area contributed by atoms with Crippen LogP contribution in [0, 0.1) is 5.92 Å². The number of carbonyl (C=O) groups excluding carboxylic acids is 3. The van der Waals surface area contributed by atoms with Gasteiger partial charge >= 0.3 is 5.97 Å². The smallest absolute Gasteiger partial charge is 0.338 e. The fourth-order valence-corrected chi connectivity index (χ4v) is 5.42. The first-order valence-electron chi connectivity index (χ1n) is 14.0. The third-order valence-corrected chi connectivity index (χ3v) is 7.73. The molecule has 2 fully saturated rings. The zero-order valence-electron chi connectivity index (χ0n) is 23.4. The summed E-state index contributed by atoms with van der Waals surface area (Å²) in [5.74, 6) is 0.479. The number of carbonyl (C=O) groups is 3. The Morgan fingerprint density at radius 1 is 0.975 bits per heavy atom. The van der Waals surface area contributed by atoms with E-state index >= 15 is 0 Å². The minimum Gasteiger partial charge on any atom is -0.494 e. The fraction of sp³-hybridized carbons (Fsp3) is 0.467. The molecule has 1 N–H and O–H groups in total. The number of nitrogens with zero attached hydrogens (tertiary/aromatic N) is 3. The van der Waals surface area contributed by atoms with Gasteiger partial charge in [-0.1, -0.05) is 6.92 Å². The SMILES string of the molecule is CCOC(=O)c1ccc(N2C(=O)C(CC(=O)Nc3ccc(OCC)cc3)N(CCN3CCC(C)CC3)C2=S)cc1. The number of likely N-dealkylation sites (tertiary alicyclic amines) is 1. The van der Waals surface area contributed by atoms with Gasteiger partial charge in [-0.15, -0.1) is 0 Å². The highest BCUT2D eigenvalue weighted by atomic mass is 32.1. The van der Waals surface area contributed by atoms with Crippen molar-refractivity contribution in [2.75, 3.05) is 49.6 Å². The number of piperidine rings is 1. The molecule has 2 saturated heterocycles. The average Bonchev–Trinajstić information content (AvgIpc) is 3.17. The summed E-state index contributed by atoms with van der Waals surface area (Å²) in [7, 11) is 0. The number of nitrogens with one attached hydrogen (secondary N) is 1. The molecule has 1 atom stereocenters. The van der Waals surface area contributed by atoms with E-state index in [4.69, 9.17) is 21.7 Å². The van der Waals surface area contributed by atoms with Crippen LogP contribution in [0.5, 0.6) is 5.75 Å². The molecule has 0 saturated carbocycles. The number of benzene rings is 2. The van der Waals surface area contributed by atoms with Crippen LogP contribution < -0.4 is 15.0 Å². The van der Waals surface area contributed by atoms with E-state index < -0.39 is 12.0 Å². The Labute approximate surface area is 241 Å². The minimum atomic E-state index is -0.733. The Morgan fingerprint density at radius 3 is 2.27 bits per heavy atom. The normalized spacial score (nSPS) is 18.2. The monoisotopic (exact) mass is 566 g/mol. The van der Waals surface area contributed by atoms with Crippen molar-refractivity contribution in [1.82, 2.24) is 9.80 Å². The van der Waals surface area contributed by atoms with Crippen LogP contribution in [-0.2, 0) is 14.3 Å². The third-order valence-electron chi connectivity index (χ3n) is 7.32. The summed E-state index contributed by atoms with van der Waals surface area (Å²) in [5, 5.41) is 3.25. The van der Waals surface area contributed by atoms with Crippen LogP contribution in [0.1, 0.15) is 50.4 Å². The second-order valence-electron chi connectivity index (χ2n) is 10.2. The van der Waals surface area contributed by atoms with Crippen LogP contribution in [0.25, 0.3) is 0 Å².